The van der Waals surface area contributed by atoms with Crippen molar-refractivity contribution in [3.05, 3.63) is 105 Å². The van der Waals surface area contributed by atoms with Crippen molar-refractivity contribution in [2.24, 2.45) is 0 Å². The summed E-state index contributed by atoms with van der Waals surface area (Å²) in [5, 5.41) is 11.6. The lowest BCUT2D eigenvalue weighted by molar-refractivity contribution is -0.385. The maximum atomic E-state index is 14.8. The average Bonchev–Trinajstić information content (AvgIpc) is 3.66. The lowest BCUT2D eigenvalue weighted by Crippen LogP contribution is -2.63. The molecule has 1 atom stereocenters. The Balaban J connectivity index is 1.30. The highest BCUT2D eigenvalue weighted by molar-refractivity contribution is 5.79. The number of amides is 2. The minimum absolute atomic E-state index is 0.0552. The quantitative estimate of drug-likeness (QED) is 0.228. The van der Waals surface area contributed by atoms with Crippen LogP contribution < -0.4 is 0 Å². The molecule has 44 heavy (non-hydrogen) atoms. The Bertz CT molecular complexity index is 1620. The fourth-order valence-corrected chi connectivity index (χ4v) is 6.36. The van der Waals surface area contributed by atoms with Gasteiger partial charge in [0.2, 0.25) is 0 Å². The Morgan fingerprint density at radius 1 is 1.00 bits per heavy atom. The summed E-state index contributed by atoms with van der Waals surface area (Å²) < 4.78 is 26.4. The van der Waals surface area contributed by atoms with Crippen LogP contribution in [0.4, 0.5) is 19.7 Å². The number of halogens is 1. The maximum Gasteiger partial charge on any atom is 0.410 e. The maximum absolute atomic E-state index is 14.8. The van der Waals surface area contributed by atoms with Gasteiger partial charge in [-0.3, -0.25) is 15.0 Å². The number of piperazine rings is 1. The molecule has 3 aromatic carbocycles. The first-order valence-corrected chi connectivity index (χ1v) is 14.7. The molecular weight excluding hydrogens is 565 g/mol. The molecule has 228 valence electrons. The molecule has 0 aromatic heterocycles. The lowest BCUT2D eigenvalue weighted by Gasteiger charge is -2.46. The molecule has 2 amide bonds. The number of rotatable bonds is 5. The van der Waals surface area contributed by atoms with Crippen LogP contribution in [0.3, 0.4) is 0 Å². The summed E-state index contributed by atoms with van der Waals surface area (Å²) in [4.78, 5) is 41.3. The highest BCUT2D eigenvalue weighted by Crippen LogP contribution is 2.48. The molecule has 1 aliphatic heterocycles. The second-order valence-corrected chi connectivity index (χ2v) is 12.6. The zero-order valence-corrected chi connectivity index (χ0v) is 24.9. The topological polar surface area (TPSA) is 102 Å². The predicted molar refractivity (Wildman–Crippen MR) is 163 cm³/mol. The van der Waals surface area contributed by atoms with Crippen molar-refractivity contribution in [3.8, 4) is 11.1 Å². The van der Waals surface area contributed by atoms with Crippen LogP contribution in [0.1, 0.15) is 56.2 Å². The Labute approximate surface area is 255 Å². The number of nitrogens with zero attached hydrogens (tertiary/aromatic N) is 3. The van der Waals surface area contributed by atoms with Crippen LogP contribution in [0.15, 0.2) is 72.8 Å². The van der Waals surface area contributed by atoms with E-state index in [1.54, 1.807) is 36.6 Å². The Morgan fingerprint density at radius 2 is 1.64 bits per heavy atom. The first kappa shape index (κ1) is 29.3. The van der Waals surface area contributed by atoms with Gasteiger partial charge in [0.15, 0.2) is 0 Å². The van der Waals surface area contributed by atoms with Gasteiger partial charge in [-0.15, -0.1) is 0 Å². The van der Waals surface area contributed by atoms with Crippen molar-refractivity contribution in [2.75, 3.05) is 19.7 Å². The van der Waals surface area contributed by atoms with Crippen molar-refractivity contribution >= 4 is 23.9 Å². The van der Waals surface area contributed by atoms with Crippen LogP contribution >= 0.6 is 0 Å². The summed E-state index contributed by atoms with van der Waals surface area (Å²) in [6.07, 6.45) is 3.07. The largest absolute Gasteiger partial charge is 0.448 e. The van der Waals surface area contributed by atoms with Gasteiger partial charge in [0, 0.05) is 25.1 Å². The van der Waals surface area contributed by atoms with Crippen molar-refractivity contribution in [1.29, 1.82) is 0 Å². The molecule has 0 N–H and O–H groups in total. The molecule has 1 heterocycles. The molecule has 1 saturated heterocycles. The van der Waals surface area contributed by atoms with E-state index < -0.39 is 45.8 Å². The summed E-state index contributed by atoms with van der Waals surface area (Å²) in [6, 6.07) is 19.0. The molecule has 0 bridgehead atoms. The van der Waals surface area contributed by atoms with E-state index in [0.717, 1.165) is 28.3 Å². The van der Waals surface area contributed by atoms with Crippen molar-refractivity contribution in [3.63, 3.8) is 0 Å². The van der Waals surface area contributed by atoms with Gasteiger partial charge in [0.05, 0.1) is 22.1 Å². The van der Waals surface area contributed by atoms with Gasteiger partial charge in [-0.2, -0.15) is 0 Å². The van der Waals surface area contributed by atoms with Crippen LogP contribution in [-0.2, 0) is 9.47 Å². The highest BCUT2D eigenvalue weighted by atomic mass is 19.1. The molecule has 9 nitrogen and oxygen atoms in total. The monoisotopic (exact) mass is 599 g/mol. The number of hydrogen-bond acceptors (Lipinski definition) is 6. The summed E-state index contributed by atoms with van der Waals surface area (Å²) in [5.41, 5.74) is 2.38. The van der Waals surface area contributed by atoms with Gasteiger partial charge in [-0.25, -0.2) is 14.0 Å². The summed E-state index contributed by atoms with van der Waals surface area (Å²) in [6.45, 7) is 5.76. The van der Waals surface area contributed by atoms with Crippen LogP contribution in [0.2, 0.25) is 0 Å². The summed E-state index contributed by atoms with van der Waals surface area (Å²) >= 11 is 0. The average molecular weight is 600 g/mol. The number of carbonyl (C=O) groups excluding carboxylic acids is 2. The minimum atomic E-state index is -0.760. The zero-order chi connectivity index (χ0) is 31.2. The number of benzene rings is 3. The Hall–Kier alpha value is -4.73. The fourth-order valence-electron chi connectivity index (χ4n) is 6.36. The second kappa shape index (κ2) is 11.1. The third-order valence-electron chi connectivity index (χ3n) is 8.46. The lowest BCUT2D eigenvalue weighted by atomic mass is 9.98. The first-order chi connectivity index (χ1) is 21.0. The van der Waals surface area contributed by atoms with E-state index in [-0.39, 0.29) is 31.2 Å². The van der Waals surface area contributed by atoms with E-state index in [0.29, 0.717) is 12.8 Å². The van der Waals surface area contributed by atoms with Crippen molar-refractivity contribution in [2.45, 2.75) is 56.7 Å². The summed E-state index contributed by atoms with van der Waals surface area (Å²) in [5.74, 6) is -0.899. The molecule has 6 rings (SSSR count). The van der Waals surface area contributed by atoms with E-state index >= 15 is 0 Å². The Kier molecular flexibility index (Phi) is 7.39. The van der Waals surface area contributed by atoms with Crippen LogP contribution in [-0.4, -0.2) is 63.8 Å². The van der Waals surface area contributed by atoms with Gasteiger partial charge < -0.3 is 14.4 Å². The standard InChI is InChI=1S/C34H34FN3O6/c1-33(2,3)44-31(39)36-19-22(15-16-27-29(35)13-8-14-30(27)38(41)42)37(34(21-36)17-18-34)32(40)43-20-28-25-11-6-4-9-23(25)24-10-5-7-12-26(24)28/h4-16,22,28H,17-21H2,1-3H3. The molecule has 10 heteroatoms. The smallest absolute Gasteiger partial charge is 0.410 e. The van der Waals surface area contributed by atoms with E-state index in [1.165, 1.54) is 18.2 Å². The van der Waals surface area contributed by atoms with E-state index in [1.807, 2.05) is 36.4 Å². The van der Waals surface area contributed by atoms with Crippen LogP contribution in [0, 0.1) is 15.9 Å². The van der Waals surface area contributed by atoms with Crippen LogP contribution in [0.5, 0.6) is 0 Å². The number of nitro benzene ring substituents is 1. The predicted octanol–water partition coefficient (Wildman–Crippen LogP) is 7.15. The van der Waals surface area contributed by atoms with Gasteiger partial charge in [0.1, 0.15) is 18.0 Å². The normalized spacial score (nSPS) is 18.7. The van der Waals surface area contributed by atoms with E-state index in [4.69, 9.17) is 9.47 Å². The number of carbonyl (C=O) groups is 2. The molecule has 1 saturated carbocycles. The molecule has 0 radical (unpaired) electrons. The molecule has 3 aliphatic rings. The number of fused-ring (bicyclic) bond motifs is 3. The molecule has 3 aromatic rings. The number of hydrogen-bond donors (Lipinski definition) is 0. The number of ether oxygens (including phenoxy) is 2. The van der Waals surface area contributed by atoms with Crippen molar-refractivity contribution in [1.82, 2.24) is 9.80 Å². The molecule has 2 aliphatic carbocycles. The van der Waals surface area contributed by atoms with Gasteiger partial charge in [-0.05, 0) is 68.0 Å². The Morgan fingerprint density at radius 3 is 2.23 bits per heavy atom. The SMILES string of the molecule is CC(C)(C)OC(=O)N1CC(C=Cc2c(F)cccc2[N+](=O)[O-])N(C(=O)OCC2c3ccccc3-c3ccccc32)C2(CC2)C1. The highest BCUT2D eigenvalue weighted by Gasteiger charge is 2.58. The minimum Gasteiger partial charge on any atom is -0.448 e. The molecule has 1 spiro atoms. The third-order valence-corrected chi connectivity index (χ3v) is 8.46. The van der Waals surface area contributed by atoms with Crippen molar-refractivity contribution < 1.29 is 28.4 Å². The van der Waals surface area contributed by atoms with E-state index in [2.05, 4.69) is 12.1 Å². The third kappa shape index (κ3) is 5.52. The van der Waals surface area contributed by atoms with Gasteiger partial charge in [0.25, 0.3) is 5.69 Å². The van der Waals surface area contributed by atoms with Gasteiger partial charge in [-0.1, -0.05) is 60.7 Å². The molecular formula is C34H34FN3O6. The first-order valence-electron chi connectivity index (χ1n) is 14.7. The molecule has 2 fully saturated rings. The van der Waals surface area contributed by atoms with E-state index in [9.17, 15) is 24.1 Å². The number of nitro groups is 1. The molecule has 1 unspecified atom stereocenters. The second-order valence-electron chi connectivity index (χ2n) is 12.6. The zero-order valence-electron chi connectivity index (χ0n) is 24.9. The fraction of sp³-hybridized carbons (Fsp3) is 0.353. The van der Waals surface area contributed by atoms with Crippen LogP contribution in [0.25, 0.3) is 17.2 Å². The van der Waals surface area contributed by atoms with Gasteiger partial charge >= 0.3 is 12.2 Å². The summed E-state index contributed by atoms with van der Waals surface area (Å²) in [7, 11) is 0.